The smallest absolute Gasteiger partial charge is 0.254 e. The summed E-state index contributed by atoms with van der Waals surface area (Å²) >= 11 is 0. The number of rotatable bonds is 3. The Bertz CT molecular complexity index is 554. The van der Waals surface area contributed by atoms with Gasteiger partial charge in [0.15, 0.2) is 0 Å². The number of amides is 3. The molecule has 0 aromatic heterocycles. The summed E-state index contributed by atoms with van der Waals surface area (Å²) in [6.07, 6.45) is 0. The molecule has 1 aromatic rings. The van der Waals surface area contributed by atoms with Crippen molar-refractivity contribution in [3.8, 4) is 0 Å². The molecule has 1 aliphatic rings. The molecule has 0 saturated carbocycles. The van der Waals surface area contributed by atoms with Crippen LogP contribution in [-0.4, -0.2) is 41.8 Å². The fourth-order valence-electron chi connectivity index (χ4n) is 2.22. The number of piperazine rings is 1. The van der Waals surface area contributed by atoms with Gasteiger partial charge in [0, 0.05) is 32.1 Å². The van der Waals surface area contributed by atoms with Crippen molar-refractivity contribution in [3.05, 3.63) is 35.4 Å². The van der Waals surface area contributed by atoms with Crippen LogP contribution in [0.15, 0.2) is 24.3 Å². The van der Waals surface area contributed by atoms with Crippen LogP contribution in [0.1, 0.15) is 29.8 Å². The van der Waals surface area contributed by atoms with Gasteiger partial charge in [0.2, 0.25) is 11.8 Å². The lowest BCUT2D eigenvalue weighted by Crippen LogP contribution is -2.55. The number of nitrogens with zero attached hydrogens (tertiary/aromatic N) is 1. The summed E-state index contributed by atoms with van der Waals surface area (Å²) in [5, 5.41) is 5.43. The Morgan fingerprint density at radius 1 is 1.33 bits per heavy atom. The standard InChI is InChI=1S/C15H19N3O3/c1-10-14(20)16-7-8-18(10)15(21)13-5-3-12(4-6-13)9-17-11(2)19/h3-6,10H,7-9H2,1-2H3,(H,16,20)(H,17,19). The highest BCUT2D eigenvalue weighted by molar-refractivity contribution is 5.98. The highest BCUT2D eigenvalue weighted by Gasteiger charge is 2.29. The summed E-state index contributed by atoms with van der Waals surface area (Å²) in [6, 6.07) is 6.60. The van der Waals surface area contributed by atoms with Gasteiger partial charge in [-0.05, 0) is 24.6 Å². The highest BCUT2D eigenvalue weighted by atomic mass is 16.2. The molecule has 6 heteroatoms. The first-order valence-electron chi connectivity index (χ1n) is 6.91. The lowest BCUT2D eigenvalue weighted by atomic mass is 10.1. The number of benzene rings is 1. The van der Waals surface area contributed by atoms with Gasteiger partial charge < -0.3 is 15.5 Å². The van der Waals surface area contributed by atoms with Crippen LogP contribution in [0.5, 0.6) is 0 Å². The minimum atomic E-state index is -0.453. The minimum absolute atomic E-state index is 0.0942. The van der Waals surface area contributed by atoms with E-state index in [0.717, 1.165) is 5.56 Å². The van der Waals surface area contributed by atoms with E-state index in [4.69, 9.17) is 0 Å². The molecule has 0 aliphatic carbocycles. The molecule has 1 unspecified atom stereocenters. The average molecular weight is 289 g/mol. The van der Waals surface area contributed by atoms with Crippen LogP contribution < -0.4 is 10.6 Å². The van der Waals surface area contributed by atoms with E-state index < -0.39 is 6.04 Å². The van der Waals surface area contributed by atoms with Gasteiger partial charge in [0.05, 0.1) is 0 Å². The normalized spacial score (nSPS) is 18.1. The van der Waals surface area contributed by atoms with Gasteiger partial charge >= 0.3 is 0 Å². The summed E-state index contributed by atoms with van der Waals surface area (Å²) in [4.78, 5) is 36.4. The lowest BCUT2D eigenvalue weighted by Gasteiger charge is -2.32. The third kappa shape index (κ3) is 3.59. The summed E-state index contributed by atoms with van der Waals surface area (Å²) in [5.41, 5.74) is 1.47. The summed E-state index contributed by atoms with van der Waals surface area (Å²) < 4.78 is 0. The molecule has 21 heavy (non-hydrogen) atoms. The molecule has 3 amide bonds. The van der Waals surface area contributed by atoms with Crippen LogP contribution in [0.3, 0.4) is 0 Å². The number of carbonyl (C=O) groups excluding carboxylic acids is 3. The van der Waals surface area contributed by atoms with Gasteiger partial charge in [-0.25, -0.2) is 0 Å². The van der Waals surface area contributed by atoms with Crippen LogP contribution in [0, 0.1) is 0 Å². The van der Waals surface area contributed by atoms with Crippen molar-refractivity contribution >= 4 is 17.7 Å². The van der Waals surface area contributed by atoms with Crippen LogP contribution in [0.4, 0.5) is 0 Å². The van der Waals surface area contributed by atoms with Crippen LogP contribution >= 0.6 is 0 Å². The molecule has 0 radical (unpaired) electrons. The van der Waals surface area contributed by atoms with Crippen molar-refractivity contribution < 1.29 is 14.4 Å². The third-order valence-corrected chi connectivity index (χ3v) is 3.50. The van der Waals surface area contributed by atoms with E-state index in [1.165, 1.54) is 6.92 Å². The maximum Gasteiger partial charge on any atom is 0.254 e. The Labute approximate surface area is 123 Å². The molecule has 2 rings (SSSR count). The van der Waals surface area contributed by atoms with E-state index in [-0.39, 0.29) is 17.7 Å². The van der Waals surface area contributed by atoms with Crippen molar-refractivity contribution in [1.29, 1.82) is 0 Å². The zero-order valence-electron chi connectivity index (χ0n) is 12.2. The van der Waals surface area contributed by atoms with Crippen molar-refractivity contribution in [1.82, 2.24) is 15.5 Å². The monoisotopic (exact) mass is 289 g/mol. The van der Waals surface area contributed by atoms with E-state index in [1.807, 2.05) is 0 Å². The van der Waals surface area contributed by atoms with Crippen molar-refractivity contribution in [3.63, 3.8) is 0 Å². The molecule has 0 spiro atoms. The molecule has 1 atom stereocenters. The van der Waals surface area contributed by atoms with Gasteiger partial charge in [-0.2, -0.15) is 0 Å². The fourth-order valence-corrected chi connectivity index (χ4v) is 2.22. The van der Waals surface area contributed by atoms with Crippen LogP contribution in [0.25, 0.3) is 0 Å². The molecule has 6 nitrogen and oxygen atoms in total. The number of nitrogens with one attached hydrogen (secondary N) is 2. The zero-order valence-corrected chi connectivity index (χ0v) is 12.2. The predicted octanol–water partition coefficient (Wildman–Crippen LogP) is 0.283. The summed E-state index contributed by atoms with van der Waals surface area (Å²) in [5.74, 6) is -0.372. The van der Waals surface area contributed by atoms with E-state index >= 15 is 0 Å². The van der Waals surface area contributed by atoms with Gasteiger partial charge in [-0.1, -0.05) is 12.1 Å². The van der Waals surface area contributed by atoms with Crippen molar-refractivity contribution in [2.24, 2.45) is 0 Å². The molecular weight excluding hydrogens is 270 g/mol. The molecule has 112 valence electrons. The van der Waals surface area contributed by atoms with Gasteiger partial charge in [-0.3, -0.25) is 14.4 Å². The molecular formula is C15H19N3O3. The highest BCUT2D eigenvalue weighted by Crippen LogP contribution is 2.12. The second-order valence-corrected chi connectivity index (χ2v) is 5.07. The van der Waals surface area contributed by atoms with Crippen molar-refractivity contribution in [2.45, 2.75) is 26.4 Å². The second kappa shape index (κ2) is 6.39. The molecule has 1 fully saturated rings. The SMILES string of the molecule is CC(=O)NCc1ccc(C(=O)N2CCNC(=O)C2C)cc1. The molecule has 2 N–H and O–H groups in total. The largest absolute Gasteiger partial charge is 0.353 e. The van der Waals surface area contributed by atoms with E-state index in [1.54, 1.807) is 36.1 Å². The summed E-state index contributed by atoms with van der Waals surface area (Å²) in [7, 11) is 0. The number of carbonyl (C=O) groups is 3. The average Bonchev–Trinajstić information content (AvgIpc) is 2.48. The van der Waals surface area contributed by atoms with E-state index in [0.29, 0.717) is 25.2 Å². The first kappa shape index (κ1) is 15.0. The Hall–Kier alpha value is -2.37. The molecule has 1 aromatic carbocycles. The van der Waals surface area contributed by atoms with Gasteiger partial charge in [-0.15, -0.1) is 0 Å². The Balaban J connectivity index is 2.05. The van der Waals surface area contributed by atoms with Crippen LogP contribution in [0.2, 0.25) is 0 Å². The maximum absolute atomic E-state index is 12.4. The predicted molar refractivity (Wildman–Crippen MR) is 77.5 cm³/mol. The first-order chi connectivity index (χ1) is 9.99. The van der Waals surface area contributed by atoms with E-state index in [2.05, 4.69) is 10.6 Å². The van der Waals surface area contributed by atoms with Gasteiger partial charge in [0.1, 0.15) is 6.04 Å². The topological polar surface area (TPSA) is 78.5 Å². The number of hydrogen-bond donors (Lipinski definition) is 2. The lowest BCUT2D eigenvalue weighted by molar-refractivity contribution is -0.127. The Morgan fingerprint density at radius 3 is 2.62 bits per heavy atom. The molecule has 0 bridgehead atoms. The Kier molecular flexibility index (Phi) is 4.57. The van der Waals surface area contributed by atoms with Gasteiger partial charge in [0.25, 0.3) is 5.91 Å². The minimum Gasteiger partial charge on any atom is -0.353 e. The molecule has 1 heterocycles. The Morgan fingerprint density at radius 2 is 2.00 bits per heavy atom. The van der Waals surface area contributed by atoms with E-state index in [9.17, 15) is 14.4 Å². The first-order valence-corrected chi connectivity index (χ1v) is 6.91. The number of hydrogen-bond acceptors (Lipinski definition) is 3. The fraction of sp³-hybridized carbons (Fsp3) is 0.400. The molecule has 1 saturated heterocycles. The maximum atomic E-state index is 12.4. The second-order valence-electron chi connectivity index (χ2n) is 5.07. The molecule has 1 aliphatic heterocycles. The third-order valence-electron chi connectivity index (χ3n) is 3.50. The summed E-state index contributed by atoms with van der Waals surface area (Å²) in [6.45, 7) is 4.61. The zero-order chi connectivity index (χ0) is 15.4. The quantitative estimate of drug-likeness (QED) is 0.839. The van der Waals surface area contributed by atoms with Crippen LogP contribution in [-0.2, 0) is 16.1 Å². The van der Waals surface area contributed by atoms with Crippen molar-refractivity contribution in [2.75, 3.05) is 13.1 Å².